The summed E-state index contributed by atoms with van der Waals surface area (Å²) in [4.78, 5) is 10.7. The fraction of sp³-hybridized carbons (Fsp3) is 0.312. The second-order valence-corrected chi connectivity index (χ2v) is 4.88. The third-order valence-corrected chi connectivity index (χ3v) is 3.32. The molecule has 0 amide bonds. The van der Waals surface area contributed by atoms with E-state index in [1.54, 1.807) is 6.07 Å². The fourth-order valence-electron chi connectivity index (χ4n) is 2.06. The standard InChI is InChI=1S/C16H19NO3/c1-12(13-5-3-2-4-6-13)7-8-17-10-15-9-14(11-20-15)16(18)19/h2-6,9,11-12,17H,7-8,10H2,1H3,(H,18,19). The Morgan fingerprint density at radius 1 is 1.35 bits per heavy atom. The van der Waals surface area contributed by atoms with Gasteiger partial charge in [-0.1, -0.05) is 37.3 Å². The Bertz CT molecular complexity index is 548. The van der Waals surface area contributed by atoms with Gasteiger partial charge >= 0.3 is 5.97 Å². The molecular formula is C16H19NO3. The van der Waals surface area contributed by atoms with E-state index in [-0.39, 0.29) is 5.56 Å². The van der Waals surface area contributed by atoms with Crippen molar-refractivity contribution in [2.75, 3.05) is 6.54 Å². The first kappa shape index (κ1) is 14.3. The van der Waals surface area contributed by atoms with Crippen LogP contribution in [0.1, 0.15) is 40.9 Å². The van der Waals surface area contributed by atoms with Crippen molar-refractivity contribution in [1.29, 1.82) is 0 Å². The number of benzene rings is 1. The minimum atomic E-state index is -0.960. The highest BCUT2D eigenvalue weighted by molar-refractivity contribution is 5.87. The predicted molar refractivity (Wildman–Crippen MR) is 76.8 cm³/mol. The number of carboxylic acids is 1. The molecule has 20 heavy (non-hydrogen) atoms. The van der Waals surface area contributed by atoms with Crippen molar-refractivity contribution in [2.45, 2.75) is 25.8 Å². The highest BCUT2D eigenvalue weighted by Gasteiger charge is 2.08. The number of nitrogens with one attached hydrogen (secondary N) is 1. The molecule has 0 aliphatic heterocycles. The highest BCUT2D eigenvalue weighted by atomic mass is 16.4. The molecule has 0 spiro atoms. The Morgan fingerprint density at radius 3 is 2.75 bits per heavy atom. The summed E-state index contributed by atoms with van der Waals surface area (Å²) in [5.41, 5.74) is 1.53. The van der Waals surface area contributed by atoms with Crippen LogP contribution in [0.4, 0.5) is 0 Å². The van der Waals surface area contributed by atoms with Gasteiger partial charge in [0.25, 0.3) is 0 Å². The van der Waals surface area contributed by atoms with E-state index in [9.17, 15) is 4.79 Å². The number of hydrogen-bond donors (Lipinski definition) is 2. The van der Waals surface area contributed by atoms with Crippen LogP contribution >= 0.6 is 0 Å². The van der Waals surface area contributed by atoms with Crippen LogP contribution in [0.2, 0.25) is 0 Å². The van der Waals surface area contributed by atoms with Crippen LogP contribution in [0.25, 0.3) is 0 Å². The smallest absolute Gasteiger partial charge is 0.338 e. The number of carbonyl (C=O) groups is 1. The highest BCUT2D eigenvalue weighted by Crippen LogP contribution is 2.17. The van der Waals surface area contributed by atoms with Crippen LogP contribution in [0.5, 0.6) is 0 Å². The Balaban J connectivity index is 1.72. The van der Waals surface area contributed by atoms with Gasteiger partial charge in [0, 0.05) is 0 Å². The van der Waals surface area contributed by atoms with Crippen LogP contribution in [-0.2, 0) is 6.54 Å². The number of aromatic carboxylic acids is 1. The summed E-state index contributed by atoms with van der Waals surface area (Å²) in [5, 5.41) is 12.1. The summed E-state index contributed by atoms with van der Waals surface area (Å²) < 4.78 is 5.17. The van der Waals surface area contributed by atoms with Gasteiger partial charge in [-0.15, -0.1) is 0 Å². The van der Waals surface area contributed by atoms with Crippen molar-refractivity contribution < 1.29 is 14.3 Å². The summed E-state index contributed by atoms with van der Waals surface area (Å²) in [7, 11) is 0. The van der Waals surface area contributed by atoms with Crippen LogP contribution in [0, 0.1) is 0 Å². The van der Waals surface area contributed by atoms with E-state index < -0.39 is 5.97 Å². The average Bonchev–Trinajstić information content (AvgIpc) is 2.93. The molecule has 1 unspecified atom stereocenters. The van der Waals surface area contributed by atoms with Crippen LogP contribution in [0.3, 0.4) is 0 Å². The maximum absolute atomic E-state index is 10.7. The summed E-state index contributed by atoms with van der Waals surface area (Å²) in [6, 6.07) is 11.9. The van der Waals surface area contributed by atoms with Gasteiger partial charge < -0.3 is 14.8 Å². The SMILES string of the molecule is CC(CCNCc1cc(C(=O)O)co1)c1ccccc1. The zero-order chi connectivity index (χ0) is 14.4. The summed E-state index contributed by atoms with van der Waals surface area (Å²) in [6.07, 6.45) is 2.29. The maximum Gasteiger partial charge on any atom is 0.338 e. The number of furan rings is 1. The Labute approximate surface area is 118 Å². The Morgan fingerprint density at radius 2 is 2.10 bits per heavy atom. The molecule has 0 saturated heterocycles. The van der Waals surface area contributed by atoms with Crippen molar-refractivity contribution in [3.8, 4) is 0 Å². The molecule has 4 heteroatoms. The molecule has 0 aliphatic rings. The first-order valence-corrected chi connectivity index (χ1v) is 6.73. The summed E-state index contributed by atoms with van der Waals surface area (Å²) in [5.74, 6) is 0.183. The Hall–Kier alpha value is -2.07. The third kappa shape index (κ3) is 3.96. The molecule has 1 atom stereocenters. The fourth-order valence-corrected chi connectivity index (χ4v) is 2.06. The maximum atomic E-state index is 10.7. The van der Waals surface area contributed by atoms with Gasteiger partial charge in [-0.25, -0.2) is 4.79 Å². The van der Waals surface area contributed by atoms with Gasteiger partial charge in [-0.2, -0.15) is 0 Å². The van der Waals surface area contributed by atoms with Crippen molar-refractivity contribution in [1.82, 2.24) is 5.32 Å². The molecule has 1 heterocycles. The zero-order valence-corrected chi connectivity index (χ0v) is 11.5. The third-order valence-electron chi connectivity index (χ3n) is 3.32. The lowest BCUT2D eigenvalue weighted by Gasteiger charge is -2.11. The molecule has 106 valence electrons. The van der Waals surface area contributed by atoms with Crippen LogP contribution < -0.4 is 5.32 Å². The van der Waals surface area contributed by atoms with E-state index >= 15 is 0 Å². The van der Waals surface area contributed by atoms with Crippen molar-refractivity contribution in [3.05, 3.63) is 59.5 Å². The molecule has 0 radical (unpaired) electrons. The van der Waals surface area contributed by atoms with E-state index in [1.807, 2.05) is 6.07 Å². The van der Waals surface area contributed by atoms with Gasteiger partial charge in [0.1, 0.15) is 12.0 Å². The largest absolute Gasteiger partial charge is 0.478 e. The van der Waals surface area contributed by atoms with E-state index in [2.05, 4.69) is 36.5 Å². The topological polar surface area (TPSA) is 62.5 Å². The quantitative estimate of drug-likeness (QED) is 0.760. The van der Waals surface area contributed by atoms with Gasteiger partial charge in [0.15, 0.2) is 0 Å². The monoisotopic (exact) mass is 273 g/mol. The van der Waals surface area contributed by atoms with Crippen molar-refractivity contribution in [2.24, 2.45) is 0 Å². The molecular weight excluding hydrogens is 254 g/mol. The van der Waals surface area contributed by atoms with Crippen molar-refractivity contribution in [3.63, 3.8) is 0 Å². The molecule has 1 aromatic heterocycles. The van der Waals surface area contributed by atoms with E-state index in [0.29, 0.717) is 18.2 Å². The number of rotatable bonds is 7. The molecule has 2 N–H and O–H groups in total. The van der Waals surface area contributed by atoms with Gasteiger partial charge in [0.2, 0.25) is 0 Å². The molecule has 0 aliphatic carbocycles. The Kier molecular flexibility index (Phi) is 4.96. The first-order valence-electron chi connectivity index (χ1n) is 6.73. The molecule has 0 saturated carbocycles. The minimum Gasteiger partial charge on any atom is -0.478 e. The molecule has 1 aromatic carbocycles. The second-order valence-electron chi connectivity index (χ2n) is 4.88. The minimum absolute atomic E-state index is 0.194. The van der Waals surface area contributed by atoms with E-state index in [4.69, 9.17) is 9.52 Å². The number of hydrogen-bond acceptors (Lipinski definition) is 3. The number of carboxylic acid groups (broad SMARTS) is 1. The second kappa shape index (κ2) is 6.91. The zero-order valence-electron chi connectivity index (χ0n) is 11.5. The summed E-state index contributed by atoms with van der Waals surface area (Å²) >= 11 is 0. The lowest BCUT2D eigenvalue weighted by Crippen LogP contribution is -2.16. The van der Waals surface area contributed by atoms with Crippen LogP contribution in [0.15, 0.2) is 47.1 Å². The lowest BCUT2D eigenvalue weighted by atomic mass is 9.98. The summed E-state index contributed by atoms with van der Waals surface area (Å²) in [6.45, 7) is 3.61. The molecule has 0 fully saturated rings. The van der Waals surface area contributed by atoms with Crippen LogP contribution in [-0.4, -0.2) is 17.6 Å². The first-order chi connectivity index (χ1) is 9.66. The van der Waals surface area contributed by atoms with Gasteiger partial charge in [-0.3, -0.25) is 0 Å². The predicted octanol–water partition coefficient (Wildman–Crippen LogP) is 3.26. The van der Waals surface area contributed by atoms with Gasteiger partial charge in [0.05, 0.1) is 12.1 Å². The van der Waals surface area contributed by atoms with Gasteiger partial charge in [-0.05, 0) is 30.5 Å². The normalized spacial score (nSPS) is 12.2. The average molecular weight is 273 g/mol. The molecule has 4 nitrogen and oxygen atoms in total. The van der Waals surface area contributed by atoms with E-state index in [1.165, 1.54) is 11.8 Å². The molecule has 2 aromatic rings. The van der Waals surface area contributed by atoms with E-state index in [0.717, 1.165) is 13.0 Å². The molecule has 2 rings (SSSR count). The molecule has 0 bridgehead atoms. The lowest BCUT2D eigenvalue weighted by molar-refractivity contribution is 0.0696. The van der Waals surface area contributed by atoms with Crippen molar-refractivity contribution >= 4 is 5.97 Å².